The van der Waals surface area contributed by atoms with Crippen molar-refractivity contribution in [1.82, 2.24) is 4.57 Å². The van der Waals surface area contributed by atoms with Gasteiger partial charge in [-0.2, -0.15) is 0 Å². The summed E-state index contributed by atoms with van der Waals surface area (Å²) in [5, 5.41) is 0. The molecule has 256 valence electrons. The van der Waals surface area contributed by atoms with Crippen molar-refractivity contribution in [1.29, 1.82) is 0 Å². The van der Waals surface area contributed by atoms with E-state index in [1.807, 2.05) is 24.7 Å². The Hall–Kier alpha value is -2.23. The minimum Gasteiger partial charge on any atom is -0.744 e. The van der Waals surface area contributed by atoms with Crippen LogP contribution in [0, 0.1) is 12.8 Å². The first-order chi connectivity index (χ1) is 21.7. The average Bonchev–Trinajstić information content (AvgIpc) is 3.65. The first kappa shape index (κ1) is 39.0. The van der Waals surface area contributed by atoms with E-state index >= 15 is 0 Å². The van der Waals surface area contributed by atoms with E-state index in [-0.39, 0.29) is 17.0 Å². The van der Waals surface area contributed by atoms with Gasteiger partial charge in [-0.3, -0.25) is 4.79 Å². The maximum atomic E-state index is 12.0. The van der Waals surface area contributed by atoms with Crippen molar-refractivity contribution in [2.45, 2.75) is 147 Å². The monoisotopic (exact) mass is 648 g/mol. The van der Waals surface area contributed by atoms with Crippen molar-refractivity contribution in [3.8, 4) is 0 Å². The summed E-state index contributed by atoms with van der Waals surface area (Å²) in [5.74, 6) is 0.586. The molecule has 8 nitrogen and oxygen atoms in total. The lowest BCUT2D eigenvalue weighted by atomic mass is 9.97. The quantitative estimate of drug-likeness (QED) is 0.0559. The molecule has 0 bridgehead atoms. The second-order valence-corrected chi connectivity index (χ2v) is 14.2. The molecule has 3 rings (SSSR count). The predicted octanol–water partition coefficient (Wildman–Crippen LogP) is 7.81. The first-order valence-electron chi connectivity index (χ1n) is 17.5. The highest BCUT2D eigenvalue weighted by atomic mass is 32.2. The molecule has 1 aliphatic rings. The number of ether oxygens (including phenoxy) is 2. The third-order valence-corrected chi connectivity index (χ3v) is 9.34. The van der Waals surface area contributed by atoms with Crippen LogP contribution in [0.2, 0.25) is 0 Å². The van der Waals surface area contributed by atoms with E-state index < -0.39 is 10.1 Å². The van der Waals surface area contributed by atoms with E-state index in [2.05, 4.69) is 24.0 Å². The van der Waals surface area contributed by atoms with Crippen LogP contribution < -0.4 is 4.57 Å². The summed E-state index contributed by atoms with van der Waals surface area (Å²) in [6.07, 6.45) is 29.0. The SMILES string of the molecule is CCCCCCCCCCCCCCC1COC(COC(=O)CCCCC[n+]2ccn(C)c2)C1.Cc1ccc(S(=O)(=O)[O-])cc1. The van der Waals surface area contributed by atoms with E-state index in [1.165, 1.54) is 95.6 Å². The Morgan fingerprint density at radius 2 is 1.53 bits per heavy atom. The van der Waals surface area contributed by atoms with Gasteiger partial charge in [0.05, 0.1) is 31.2 Å². The molecule has 0 aliphatic carbocycles. The van der Waals surface area contributed by atoms with Crippen LogP contribution in [0.25, 0.3) is 0 Å². The number of imidazole rings is 1. The molecule has 1 saturated heterocycles. The summed E-state index contributed by atoms with van der Waals surface area (Å²) in [6, 6.07) is 5.78. The van der Waals surface area contributed by atoms with E-state index in [0.29, 0.717) is 18.9 Å². The van der Waals surface area contributed by atoms with E-state index in [1.54, 1.807) is 12.1 Å². The smallest absolute Gasteiger partial charge is 0.305 e. The molecule has 0 spiro atoms. The van der Waals surface area contributed by atoms with Crippen LogP contribution in [0.15, 0.2) is 47.9 Å². The molecule has 1 aromatic heterocycles. The van der Waals surface area contributed by atoms with Crippen LogP contribution in [-0.2, 0) is 38.0 Å². The molecular formula is C36H60N2O6S. The zero-order valence-corrected chi connectivity index (χ0v) is 29.1. The number of hydrogen-bond donors (Lipinski definition) is 0. The molecule has 9 heteroatoms. The van der Waals surface area contributed by atoms with Crippen molar-refractivity contribution >= 4 is 16.1 Å². The number of nitrogens with zero attached hydrogens (tertiary/aromatic N) is 2. The highest BCUT2D eigenvalue weighted by Crippen LogP contribution is 2.25. The summed E-state index contributed by atoms with van der Waals surface area (Å²) in [4.78, 5) is 11.9. The molecule has 2 atom stereocenters. The molecular weight excluding hydrogens is 588 g/mol. The third kappa shape index (κ3) is 19.1. The fourth-order valence-electron chi connectivity index (χ4n) is 5.71. The van der Waals surface area contributed by atoms with E-state index in [4.69, 9.17) is 9.47 Å². The lowest BCUT2D eigenvalue weighted by molar-refractivity contribution is -0.696. The summed E-state index contributed by atoms with van der Waals surface area (Å²) in [7, 11) is -2.24. The number of aryl methyl sites for hydroxylation is 3. The summed E-state index contributed by atoms with van der Waals surface area (Å²) in [6.45, 7) is 6.39. The van der Waals surface area contributed by atoms with Gasteiger partial charge in [-0.1, -0.05) is 102 Å². The van der Waals surface area contributed by atoms with Crippen LogP contribution in [0.1, 0.15) is 128 Å². The lowest BCUT2D eigenvalue weighted by Crippen LogP contribution is -2.30. The number of aromatic nitrogens is 2. The van der Waals surface area contributed by atoms with Crippen molar-refractivity contribution in [3.05, 3.63) is 48.5 Å². The average molecular weight is 649 g/mol. The number of rotatable bonds is 22. The van der Waals surface area contributed by atoms with Gasteiger partial charge in [0.1, 0.15) is 29.1 Å². The summed E-state index contributed by atoms with van der Waals surface area (Å²) < 4.78 is 46.8. The fourth-order valence-corrected chi connectivity index (χ4v) is 6.18. The zero-order valence-electron chi connectivity index (χ0n) is 28.3. The minimum atomic E-state index is -4.27. The number of unbranched alkanes of at least 4 members (excludes halogenated alkanes) is 13. The predicted molar refractivity (Wildman–Crippen MR) is 178 cm³/mol. The van der Waals surface area contributed by atoms with Gasteiger partial charge in [-0.25, -0.2) is 17.6 Å². The normalized spacial score (nSPS) is 16.4. The summed E-state index contributed by atoms with van der Waals surface area (Å²) in [5.41, 5.74) is 0.928. The van der Waals surface area contributed by atoms with Gasteiger partial charge < -0.3 is 14.0 Å². The highest BCUT2D eigenvalue weighted by Gasteiger charge is 2.26. The van der Waals surface area contributed by atoms with E-state index in [0.717, 1.165) is 44.4 Å². The van der Waals surface area contributed by atoms with Gasteiger partial charge in [0.2, 0.25) is 6.33 Å². The molecule has 2 unspecified atom stereocenters. The molecule has 1 aliphatic heterocycles. The Balaban J connectivity index is 0.000000537. The number of benzene rings is 1. The Morgan fingerprint density at radius 1 is 0.933 bits per heavy atom. The largest absolute Gasteiger partial charge is 0.744 e. The number of carbonyl (C=O) groups excluding carboxylic acids is 1. The van der Waals surface area contributed by atoms with Gasteiger partial charge in [-0.05, 0) is 57.1 Å². The van der Waals surface area contributed by atoms with Gasteiger partial charge >= 0.3 is 5.97 Å². The maximum absolute atomic E-state index is 12.0. The Kier molecular flexibility index (Phi) is 20.0. The third-order valence-electron chi connectivity index (χ3n) is 8.49. The molecule has 2 heterocycles. The molecule has 45 heavy (non-hydrogen) atoms. The topological polar surface area (TPSA) is 102 Å². The summed E-state index contributed by atoms with van der Waals surface area (Å²) >= 11 is 0. The van der Waals surface area contributed by atoms with Gasteiger partial charge in [-0.15, -0.1) is 0 Å². The number of hydrogen-bond acceptors (Lipinski definition) is 6. The molecule has 0 radical (unpaired) electrons. The molecule has 0 saturated carbocycles. The number of esters is 1. The van der Waals surface area contributed by atoms with Crippen molar-refractivity contribution in [3.63, 3.8) is 0 Å². The molecule has 1 aromatic carbocycles. The molecule has 0 amide bonds. The maximum Gasteiger partial charge on any atom is 0.305 e. The van der Waals surface area contributed by atoms with Crippen LogP contribution in [0.5, 0.6) is 0 Å². The van der Waals surface area contributed by atoms with Gasteiger partial charge in [0.25, 0.3) is 0 Å². The van der Waals surface area contributed by atoms with Gasteiger partial charge in [0.15, 0.2) is 0 Å². The molecule has 1 fully saturated rings. The number of carbonyl (C=O) groups is 1. The minimum absolute atomic E-state index is 0.0691. The Bertz CT molecular complexity index is 1150. The Morgan fingerprint density at radius 3 is 2.11 bits per heavy atom. The Labute approximate surface area is 273 Å². The van der Waals surface area contributed by atoms with Crippen LogP contribution in [0.3, 0.4) is 0 Å². The first-order valence-corrected chi connectivity index (χ1v) is 18.9. The van der Waals surface area contributed by atoms with Crippen LogP contribution >= 0.6 is 0 Å². The van der Waals surface area contributed by atoms with E-state index in [9.17, 15) is 17.8 Å². The lowest BCUT2D eigenvalue weighted by Gasteiger charge is -2.11. The highest BCUT2D eigenvalue weighted by molar-refractivity contribution is 7.85. The standard InChI is InChI=1S/C29H53N2O3.C7H8O3S/c1-3-4-5-6-7-8-9-10-11-12-13-15-18-27-23-28(33-24-27)25-34-29(32)19-16-14-17-20-31-22-21-30(2)26-31;1-6-2-4-7(5-3-6)11(8,9)10/h21-22,26-28H,3-20,23-25H2,1-2H3;2-5H,1H3,(H,8,9,10)/q+1;/p-1. The fraction of sp³-hybridized carbons (Fsp3) is 0.722. The van der Waals surface area contributed by atoms with Crippen molar-refractivity contribution in [2.24, 2.45) is 13.0 Å². The zero-order chi connectivity index (χ0) is 32.8. The van der Waals surface area contributed by atoms with Gasteiger partial charge in [0, 0.05) is 6.42 Å². The van der Waals surface area contributed by atoms with Crippen molar-refractivity contribution in [2.75, 3.05) is 13.2 Å². The van der Waals surface area contributed by atoms with Crippen LogP contribution in [-0.4, -0.2) is 42.8 Å². The second-order valence-electron chi connectivity index (χ2n) is 12.8. The van der Waals surface area contributed by atoms with Crippen LogP contribution in [0.4, 0.5) is 0 Å². The van der Waals surface area contributed by atoms with Crippen molar-refractivity contribution < 1.29 is 31.8 Å². The molecule has 2 aromatic rings. The second kappa shape index (κ2) is 23.1. The molecule has 0 N–H and O–H groups in total.